The SMILES string of the molecule is Cc1nc(Cl)c2ccn([C@@H]3C=C(CO[Si](c4ccccc4)(c4ccccc4)C(C)(C)C)[C@H]4OC(C)(C)O[C@H]43)c2n1. The van der Waals surface area contributed by atoms with Crippen LogP contribution in [0.15, 0.2) is 84.6 Å². The molecule has 3 atom stereocenters. The van der Waals surface area contributed by atoms with E-state index in [1.54, 1.807) is 0 Å². The molecule has 6 nitrogen and oxygen atoms in total. The van der Waals surface area contributed by atoms with E-state index < -0.39 is 14.1 Å². The lowest BCUT2D eigenvalue weighted by molar-refractivity contribution is -0.148. The minimum Gasteiger partial charge on any atom is -0.403 e. The second kappa shape index (κ2) is 9.93. The summed E-state index contributed by atoms with van der Waals surface area (Å²) in [6.45, 7) is 13.1. The smallest absolute Gasteiger partial charge is 0.261 e. The molecular weight excluding hydrogens is 538 g/mol. The number of benzene rings is 2. The van der Waals surface area contributed by atoms with E-state index in [0.29, 0.717) is 17.6 Å². The van der Waals surface area contributed by atoms with Crippen molar-refractivity contribution in [3.8, 4) is 0 Å². The second-order valence-corrected chi connectivity index (χ2v) is 16.9. The molecule has 2 aliphatic rings. The first-order valence-electron chi connectivity index (χ1n) is 13.8. The van der Waals surface area contributed by atoms with Crippen LogP contribution >= 0.6 is 11.6 Å². The maximum absolute atomic E-state index is 7.30. The maximum Gasteiger partial charge on any atom is 0.261 e. The van der Waals surface area contributed by atoms with E-state index in [9.17, 15) is 0 Å². The number of halogens is 1. The third kappa shape index (κ3) is 4.54. The Morgan fingerprint density at radius 1 is 0.950 bits per heavy atom. The molecule has 0 amide bonds. The highest BCUT2D eigenvalue weighted by Gasteiger charge is 2.54. The van der Waals surface area contributed by atoms with E-state index >= 15 is 0 Å². The molecule has 0 radical (unpaired) electrons. The molecule has 0 N–H and O–H groups in total. The predicted octanol–water partition coefficient (Wildman–Crippen LogP) is 5.97. The fraction of sp³-hybridized carbons (Fsp3) is 0.375. The molecule has 2 aromatic heterocycles. The number of hydrogen-bond acceptors (Lipinski definition) is 5. The molecule has 6 rings (SSSR count). The summed E-state index contributed by atoms with van der Waals surface area (Å²) in [5, 5.41) is 3.67. The van der Waals surface area contributed by atoms with Crippen molar-refractivity contribution in [1.82, 2.24) is 14.5 Å². The van der Waals surface area contributed by atoms with Gasteiger partial charge in [-0.25, -0.2) is 9.97 Å². The minimum absolute atomic E-state index is 0.118. The highest BCUT2D eigenvalue weighted by Crippen LogP contribution is 2.45. The zero-order chi connectivity index (χ0) is 28.3. The van der Waals surface area contributed by atoms with Crippen molar-refractivity contribution >= 4 is 41.3 Å². The van der Waals surface area contributed by atoms with Gasteiger partial charge in [0.25, 0.3) is 8.32 Å². The summed E-state index contributed by atoms with van der Waals surface area (Å²) in [6, 6.07) is 23.3. The fourth-order valence-electron chi connectivity index (χ4n) is 6.40. The Morgan fingerprint density at radius 3 is 2.17 bits per heavy atom. The van der Waals surface area contributed by atoms with Gasteiger partial charge in [-0.2, -0.15) is 0 Å². The van der Waals surface area contributed by atoms with Gasteiger partial charge in [-0.05, 0) is 47.8 Å². The van der Waals surface area contributed by atoms with Gasteiger partial charge in [0, 0.05) is 6.20 Å². The molecule has 3 heterocycles. The van der Waals surface area contributed by atoms with Crippen molar-refractivity contribution in [2.24, 2.45) is 0 Å². The van der Waals surface area contributed by atoms with Crippen LogP contribution in [-0.4, -0.2) is 47.5 Å². The van der Waals surface area contributed by atoms with E-state index in [0.717, 1.165) is 16.6 Å². The van der Waals surface area contributed by atoms with Gasteiger partial charge in [-0.1, -0.05) is 99.1 Å². The van der Waals surface area contributed by atoms with Crippen molar-refractivity contribution in [3.05, 3.63) is 95.6 Å². The average molecular weight is 574 g/mol. The summed E-state index contributed by atoms with van der Waals surface area (Å²) in [5.74, 6) is -0.0779. The van der Waals surface area contributed by atoms with Crippen molar-refractivity contribution in [2.45, 2.75) is 70.6 Å². The average Bonchev–Trinajstić information content (AvgIpc) is 3.56. The summed E-state index contributed by atoms with van der Waals surface area (Å²) < 4.78 is 22.4. The number of hydrogen-bond donors (Lipinski definition) is 0. The molecule has 1 fully saturated rings. The van der Waals surface area contributed by atoms with Gasteiger partial charge in [0.2, 0.25) is 0 Å². The van der Waals surface area contributed by atoms with Crippen LogP contribution in [0.2, 0.25) is 10.2 Å². The van der Waals surface area contributed by atoms with Crippen molar-refractivity contribution in [3.63, 3.8) is 0 Å². The van der Waals surface area contributed by atoms with Crippen LogP contribution in [0.5, 0.6) is 0 Å². The Bertz CT molecular complexity index is 1520. The van der Waals surface area contributed by atoms with Crippen molar-refractivity contribution in [1.29, 1.82) is 0 Å². The highest BCUT2D eigenvalue weighted by atomic mass is 35.5. The zero-order valence-electron chi connectivity index (χ0n) is 23.9. The Kier molecular flexibility index (Phi) is 6.79. The van der Waals surface area contributed by atoms with Crippen LogP contribution in [0.1, 0.15) is 46.5 Å². The topological polar surface area (TPSA) is 58.4 Å². The number of nitrogens with zero attached hydrogens (tertiary/aromatic N) is 3. The largest absolute Gasteiger partial charge is 0.403 e. The van der Waals surface area contributed by atoms with Gasteiger partial charge in [0.1, 0.15) is 28.8 Å². The number of aryl methyl sites for hydroxylation is 1. The summed E-state index contributed by atoms with van der Waals surface area (Å²) >= 11 is 6.48. The van der Waals surface area contributed by atoms with E-state index in [1.807, 2.05) is 33.0 Å². The molecule has 1 aliphatic carbocycles. The van der Waals surface area contributed by atoms with E-state index in [2.05, 4.69) is 97.1 Å². The van der Waals surface area contributed by atoms with Crippen molar-refractivity contribution in [2.75, 3.05) is 6.61 Å². The van der Waals surface area contributed by atoms with Gasteiger partial charge in [-0.15, -0.1) is 0 Å². The highest BCUT2D eigenvalue weighted by molar-refractivity contribution is 6.99. The van der Waals surface area contributed by atoms with Gasteiger partial charge in [0.15, 0.2) is 5.79 Å². The van der Waals surface area contributed by atoms with Gasteiger partial charge in [0.05, 0.1) is 18.0 Å². The van der Waals surface area contributed by atoms with Gasteiger partial charge < -0.3 is 18.5 Å². The molecule has 0 saturated carbocycles. The van der Waals surface area contributed by atoms with Gasteiger partial charge in [-0.3, -0.25) is 0 Å². The third-order valence-corrected chi connectivity index (χ3v) is 13.3. The molecule has 0 unspecified atom stereocenters. The quantitative estimate of drug-likeness (QED) is 0.162. The molecule has 4 aromatic rings. The summed E-state index contributed by atoms with van der Waals surface area (Å²) in [5.41, 5.74) is 1.88. The third-order valence-electron chi connectivity index (χ3n) is 8.05. The number of ether oxygens (including phenoxy) is 2. The molecule has 8 heteroatoms. The first-order chi connectivity index (χ1) is 19.0. The number of rotatable bonds is 6. The molecule has 2 aromatic carbocycles. The van der Waals surface area contributed by atoms with Crippen LogP contribution < -0.4 is 10.4 Å². The van der Waals surface area contributed by atoms with Gasteiger partial charge >= 0.3 is 0 Å². The predicted molar refractivity (Wildman–Crippen MR) is 162 cm³/mol. The lowest BCUT2D eigenvalue weighted by atomic mass is 10.1. The first kappa shape index (κ1) is 27.4. The van der Waals surface area contributed by atoms with E-state index in [4.69, 9.17) is 30.5 Å². The maximum atomic E-state index is 7.30. The van der Waals surface area contributed by atoms with Crippen LogP contribution in [-0.2, 0) is 13.9 Å². The Balaban J connectivity index is 1.43. The summed E-state index contributed by atoms with van der Waals surface area (Å²) in [4.78, 5) is 9.07. The monoisotopic (exact) mass is 573 g/mol. The van der Waals surface area contributed by atoms with Crippen molar-refractivity contribution < 1.29 is 13.9 Å². The Hall–Kier alpha value is -2.81. The molecule has 1 saturated heterocycles. The molecule has 40 heavy (non-hydrogen) atoms. The molecule has 0 spiro atoms. The van der Waals surface area contributed by atoms with Crippen LogP contribution in [0.25, 0.3) is 11.0 Å². The Labute approximate surface area is 242 Å². The normalized spacial score (nSPS) is 22.5. The lowest BCUT2D eigenvalue weighted by Gasteiger charge is -2.43. The molecule has 1 aliphatic heterocycles. The molecule has 0 bridgehead atoms. The van der Waals surface area contributed by atoms with Crippen LogP contribution in [0.4, 0.5) is 0 Å². The molecule has 208 valence electrons. The van der Waals surface area contributed by atoms with Crippen LogP contribution in [0, 0.1) is 6.92 Å². The van der Waals surface area contributed by atoms with E-state index in [1.165, 1.54) is 10.4 Å². The number of fused-ring (bicyclic) bond motifs is 2. The second-order valence-electron chi connectivity index (χ2n) is 12.2. The standard InChI is InChI=1S/C32H36ClN3O3Si/c1-21-34-29(33)25-17-18-36(30(25)35-21)26-19-22(27-28(26)39-32(5,6)38-27)20-37-40(31(2,3)4,23-13-9-7-10-14-23)24-15-11-8-12-16-24/h7-19,26-28H,20H2,1-6H3/t26-,27-,28+/m1/s1. The lowest BCUT2D eigenvalue weighted by Crippen LogP contribution is -2.66. The zero-order valence-corrected chi connectivity index (χ0v) is 25.6. The Morgan fingerprint density at radius 2 is 1.57 bits per heavy atom. The van der Waals surface area contributed by atoms with E-state index in [-0.39, 0.29) is 23.3 Å². The number of aromatic nitrogens is 3. The van der Waals surface area contributed by atoms with Crippen LogP contribution in [0.3, 0.4) is 0 Å². The summed E-state index contributed by atoms with van der Waals surface area (Å²) in [6.07, 6.45) is 3.82. The fourth-order valence-corrected chi connectivity index (χ4v) is 11.2. The minimum atomic E-state index is -2.73. The molecular formula is C32H36ClN3O3Si. The first-order valence-corrected chi connectivity index (χ1v) is 16.1. The summed E-state index contributed by atoms with van der Waals surface area (Å²) in [7, 11) is -2.73.